The van der Waals surface area contributed by atoms with Crippen LogP contribution in [0.2, 0.25) is 0 Å². The van der Waals surface area contributed by atoms with Gasteiger partial charge in [0.2, 0.25) is 5.91 Å². The van der Waals surface area contributed by atoms with Crippen molar-refractivity contribution in [3.05, 3.63) is 0 Å². The van der Waals surface area contributed by atoms with E-state index in [1.54, 1.807) is 0 Å². The van der Waals surface area contributed by atoms with E-state index in [0.717, 1.165) is 0 Å². The zero-order valence-electron chi connectivity index (χ0n) is 10.7. The standard InChI is InChI=1S/C12H23N3O/c1-6-7-10(13)12(16)14-8-11(9(2)3)15(4)5/h1,9-11H,7-8,13H2,2-5H3,(H,14,16). The molecular weight excluding hydrogens is 202 g/mol. The first-order chi connectivity index (χ1) is 7.40. The Morgan fingerprint density at radius 3 is 2.44 bits per heavy atom. The summed E-state index contributed by atoms with van der Waals surface area (Å²) >= 11 is 0. The number of carbonyl (C=O) groups is 1. The highest BCUT2D eigenvalue weighted by atomic mass is 16.2. The number of nitrogens with two attached hydrogens (primary N) is 1. The van der Waals surface area contributed by atoms with Crippen molar-refractivity contribution in [2.75, 3.05) is 20.6 Å². The van der Waals surface area contributed by atoms with Crippen LogP contribution in [0.4, 0.5) is 0 Å². The quantitative estimate of drug-likeness (QED) is 0.628. The fraction of sp³-hybridized carbons (Fsp3) is 0.750. The number of hydrogen-bond donors (Lipinski definition) is 2. The largest absolute Gasteiger partial charge is 0.353 e. The first-order valence-electron chi connectivity index (χ1n) is 5.53. The van der Waals surface area contributed by atoms with Crippen molar-refractivity contribution in [1.29, 1.82) is 0 Å². The van der Waals surface area contributed by atoms with E-state index in [2.05, 4.69) is 30.0 Å². The van der Waals surface area contributed by atoms with Crippen LogP contribution in [-0.2, 0) is 4.79 Å². The number of amides is 1. The molecule has 0 aliphatic heterocycles. The van der Waals surface area contributed by atoms with Gasteiger partial charge in [0, 0.05) is 19.0 Å². The Morgan fingerprint density at radius 2 is 2.06 bits per heavy atom. The predicted octanol–water partition coefficient (Wildman–Crippen LogP) is 0.0394. The summed E-state index contributed by atoms with van der Waals surface area (Å²) in [5, 5.41) is 2.83. The van der Waals surface area contributed by atoms with E-state index >= 15 is 0 Å². The summed E-state index contributed by atoms with van der Waals surface area (Å²) in [5.74, 6) is 2.68. The Morgan fingerprint density at radius 1 is 1.50 bits per heavy atom. The summed E-state index contributed by atoms with van der Waals surface area (Å²) in [5.41, 5.74) is 5.60. The third-order valence-corrected chi connectivity index (χ3v) is 2.59. The SMILES string of the molecule is C#CCC(N)C(=O)NCC(C(C)C)N(C)C. The number of likely N-dealkylation sites (N-methyl/N-ethyl adjacent to an activating group) is 1. The molecule has 0 saturated heterocycles. The third kappa shape index (κ3) is 5.15. The van der Waals surface area contributed by atoms with Crippen LogP contribution in [0.25, 0.3) is 0 Å². The van der Waals surface area contributed by atoms with Crippen molar-refractivity contribution >= 4 is 5.91 Å². The minimum absolute atomic E-state index is 0.176. The van der Waals surface area contributed by atoms with Crippen LogP contribution in [0.5, 0.6) is 0 Å². The molecule has 92 valence electrons. The molecule has 0 aromatic carbocycles. The molecule has 2 atom stereocenters. The van der Waals surface area contributed by atoms with Gasteiger partial charge in [-0.3, -0.25) is 4.79 Å². The minimum atomic E-state index is -0.597. The van der Waals surface area contributed by atoms with Gasteiger partial charge < -0.3 is 16.0 Å². The lowest BCUT2D eigenvalue weighted by molar-refractivity contribution is -0.122. The van der Waals surface area contributed by atoms with Gasteiger partial charge >= 0.3 is 0 Å². The predicted molar refractivity (Wildman–Crippen MR) is 66.7 cm³/mol. The number of hydrogen-bond acceptors (Lipinski definition) is 3. The second-order valence-corrected chi connectivity index (χ2v) is 4.53. The number of nitrogens with zero attached hydrogens (tertiary/aromatic N) is 1. The average molecular weight is 225 g/mol. The third-order valence-electron chi connectivity index (χ3n) is 2.59. The van der Waals surface area contributed by atoms with E-state index in [9.17, 15) is 4.79 Å². The fourth-order valence-electron chi connectivity index (χ4n) is 1.57. The molecule has 4 heteroatoms. The molecule has 0 spiro atoms. The monoisotopic (exact) mass is 225 g/mol. The molecule has 0 bridgehead atoms. The van der Waals surface area contributed by atoms with Crippen molar-refractivity contribution in [3.63, 3.8) is 0 Å². The molecule has 3 N–H and O–H groups in total. The number of nitrogens with one attached hydrogen (secondary N) is 1. The van der Waals surface area contributed by atoms with Gasteiger partial charge in [-0.05, 0) is 20.0 Å². The Hall–Kier alpha value is -1.05. The van der Waals surface area contributed by atoms with Crippen LogP contribution in [0, 0.1) is 18.3 Å². The van der Waals surface area contributed by atoms with Gasteiger partial charge in [0.15, 0.2) is 0 Å². The summed E-state index contributed by atoms with van der Waals surface area (Å²) in [6.07, 6.45) is 5.38. The summed E-state index contributed by atoms with van der Waals surface area (Å²) in [4.78, 5) is 13.6. The molecule has 16 heavy (non-hydrogen) atoms. The van der Waals surface area contributed by atoms with Gasteiger partial charge in [0.1, 0.15) is 0 Å². The van der Waals surface area contributed by atoms with Gasteiger partial charge in [-0.25, -0.2) is 0 Å². The molecule has 0 aromatic heterocycles. The Kier molecular flexibility index (Phi) is 6.78. The number of rotatable bonds is 6. The maximum absolute atomic E-state index is 11.5. The highest BCUT2D eigenvalue weighted by Gasteiger charge is 2.18. The fourth-order valence-corrected chi connectivity index (χ4v) is 1.57. The van der Waals surface area contributed by atoms with Crippen LogP contribution in [0.15, 0.2) is 0 Å². The summed E-state index contributed by atoms with van der Waals surface area (Å²) in [6, 6.07) is -0.290. The molecule has 0 saturated carbocycles. The highest BCUT2D eigenvalue weighted by Crippen LogP contribution is 2.05. The van der Waals surface area contributed by atoms with Crippen molar-refractivity contribution in [2.24, 2.45) is 11.7 Å². The van der Waals surface area contributed by atoms with Crippen molar-refractivity contribution in [2.45, 2.75) is 32.4 Å². The highest BCUT2D eigenvalue weighted by molar-refractivity contribution is 5.81. The van der Waals surface area contributed by atoms with E-state index in [0.29, 0.717) is 18.5 Å². The number of terminal acetylenes is 1. The number of carbonyl (C=O) groups excluding carboxylic acids is 1. The van der Waals surface area contributed by atoms with Crippen LogP contribution in [-0.4, -0.2) is 43.5 Å². The van der Waals surface area contributed by atoms with Gasteiger partial charge in [-0.1, -0.05) is 13.8 Å². The lowest BCUT2D eigenvalue weighted by Crippen LogP contribution is -2.48. The molecule has 2 unspecified atom stereocenters. The topological polar surface area (TPSA) is 58.4 Å². The molecule has 0 heterocycles. The Bertz CT molecular complexity index is 247. The van der Waals surface area contributed by atoms with E-state index in [4.69, 9.17) is 12.2 Å². The van der Waals surface area contributed by atoms with E-state index in [1.807, 2.05) is 14.1 Å². The molecule has 0 aliphatic carbocycles. The molecule has 0 aliphatic rings. The first-order valence-corrected chi connectivity index (χ1v) is 5.53. The zero-order valence-corrected chi connectivity index (χ0v) is 10.7. The van der Waals surface area contributed by atoms with Gasteiger partial charge in [0.25, 0.3) is 0 Å². The van der Waals surface area contributed by atoms with E-state index in [-0.39, 0.29) is 12.3 Å². The lowest BCUT2D eigenvalue weighted by atomic mass is 10.0. The average Bonchev–Trinajstić information content (AvgIpc) is 2.16. The second kappa shape index (κ2) is 7.26. The molecular formula is C12H23N3O. The van der Waals surface area contributed by atoms with Crippen molar-refractivity contribution < 1.29 is 4.79 Å². The molecule has 4 nitrogen and oxygen atoms in total. The maximum atomic E-state index is 11.5. The van der Waals surface area contributed by atoms with Crippen LogP contribution in [0.3, 0.4) is 0 Å². The summed E-state index contributed by atoms with van der Waals surface area (Å²) < 4.78 is 0. The Labute approximate surface area is 98.6 Å². The summed E-state index contributed by atoms with van der Waals surface area (Å²) in [6.45, 7) is 4.85. The molecule has 0 fully saturated rings. The molecule has 1 amide bonds. The minimum Gasteiger partial charge on any atom is -0.353 e. The Balaban J connectivity index is 4.12. The van der Waals surface area contributed by atoms with Gasteiger partial charge in [-0.2, -0.15) is 0 Å². The van der Waals surface area contributed by atoms with Crippen LogP contribution in [0.1, 0.15) is 20.3 Å². The van der Waals surface area contributed by atoms with E-state index < -0.39 is 6.04 Å². The maximum Gasteiger partial charge on any atom is 0.237 e. The lowest BCUT2D eigenvalue weighted by Gasteiger charge is -2.28. The molecule has 0 aromatic rings. The smallest absolute Gasteiger partial charge is 0.237 e. The normalized spacial score (nSPS) is 14.6. The van der Waals surface area contributed by atoms with Crippen molar-refractivity contribution in [1.82, 2.24) is 10.2 Å². The van der Waals surface area contributed by atoms with E-state index in [1.165, 1.54) is 0 Å². The summed E-state index contributed by atoms with van der Waals surface area (Å²) in [7, 11) is 4.00. The zero-order chi connectivity index (χ0) is 12.7. The van der Waals surface area contributed by atoms with Crippen LogP contribution >= 0.6 is 0 Å². The van der Waals surface area contributed by atoms with Gasteiger partial charge in [-0.15, -0.1) is 12.3 Å². The molecule has 0 radical (unpaired) electrons. The first kappa shape index (κ1) is 14.9. The van der Waals surface area contributed by atoms with Crippen LogP contribution < -0.4 is 11.1 Å². The molecule has 0 rings (SSSR count). The second-order valence-electron chi connectivity index (χ2n) is 4.53. The van der Waals surface area contributed by atoms with Crippen molar-refractivity contribution in [3.8, 4) is 12.3 Å². The van der Waals surface area contributed by atoms with Gasteiger partial charge in [0.05, 0.1) is 6.04 Å².